The number of phosphoric acid groups is 1. The number of unbranched alkanes of at least 4 members (excludes halogenated alkanes) is 12. The average Bonchev–Trinajstić information content (AvgIpc) is 2.86. The lowest BCUT2D eigenvalue weighted by atomic mass is 10.1. The van der Waals surface area contributed by atoms with E-state index in [0.717, 1.165) is 38.5 Å². The summed E-state index contributed by atoms with van der Waals surface area (Å²) in [4.78, 5) is 24.4. The molecule has 0 aliphatic heterocycles. The summed E-state index contributed by atoms with van der Waals surface area (Å²) in [7, 11) is 1.35. The predicted octanol–water partition coefficient (Wildman–Crippen LogP) is 6.96. The molecule has 0 aliphatic rings. The Balaban J connectivity index is 4.23. The first-order valence-electron chi connectivity index (χ1n) is 15.4. The standard InChI is InChI=1S/C30H60NO7P/c1-6-8-10-12-13-14-15-16-17-18-19-20-22-25-35-27-29(38-30(32)23-21-11-9-7-2)28-37-39(33,34)36-26-24-31(3,4)5/h13-14,29H,6-12,15-28H2,1-5H3/b14-13-. The molecule has 0 radical (unpaired) electrons. The SMILES string of the molecule is CCCCC/C=C\CCCCCCCCOCC(COP(=O)([O-])OCC[N+](C)(C)C)OC(=O)CCCCCC. The highest BCUT2D eigenvalue weighted by molar-refractivity contribution is 7.45. The van der Waals surface area contributed by atoms with Crippen LogP contribution < -0.4 is 4.89 Å². The summed E-state index contributed by atoms with van der Waals surface area (Å²) in [5.74, 6) is -0.356. The Hall–Kier alpha value is -0.760. The Morgan fingerprint density at radius 2 is 1.33 bits per heavy atom. The van der Waals surface area contributed by atoms with Gasteiger partial charge in [0.2, 0.25) is 0 Å². The summed E-state index contributed by atoms with van der Waals surface area (Å²) in [6, 6.07) is 0. The number of esters is 1. The van der Waals surface area contributed by atoms with E-state index in [4.69, 9.17) is 18.5 Å². The van der Waals surface area contributed by atoms with Crippen LogP contribution in [0, 0.1) is 0 Å². The number of hydrogen-bond acceptors (Lipinski definition) is 7. The molecule has 2 unspecified atom stereocenters. The summed E-state index contributed by atoms with van der Waals surface area (Å²) in [6.07, 6.45) is 21.2. The molecule has 0 bridgehead atoms. The van der Waals surface area contributed by atoms with Crippen molar-refractivity contribution in [1.82, 2.24) is 0 Å². The first-order chi connectivity index (χ1) is 18.6. The Bertz CT molecular complexity index is 652. The van der Waals surface area contributed by atoms with Crippen molar-refractivity contribution >= 4 is 13.8 Å². The molecule has 232 valence electrons. The molecule has 0 saturated carbocycles. The fraction of sp³-hybridized carbons (Fsp3) is 0.900. The van der Waals surface area contributed by atoms with Crippen LogP contribution in [0.3, 0.4) is 0 Å². The van der Waals surface area contributed by atoms with Crippen LogP contribution >= 0.6 is 7.82 Å². The number of carbonyl (C=O) groups excluding carboxylic acids is 1. The smallest absolute Gasteiger partial charge is 0.306 e. The number of likely N-dealkylation sites (N-methyl/N-ethyl adjacent to an activating group) is 1. The molecule has 0 saturated heterocycles. The Kier molecular flexibility index (Phi) is 24.5. The summed E-state index contributed by atoms with van der Waals surface area (Å²) in [5, 5.41) is 0. The van der Waals surface area contributed by atoms with Crippen molar-refractivity contribution in [3.63, 3.8) is 0 Å². The molecule has 0 N–H and O–H groups in total. The Labute approximate surface area is 240 Å². The summed E-state index contributed by atoms with van der Waals surface area (Å²) in [6.45, 7) is 5.23. The first-order valence-corrected chi connectivity index (χ1v) is 16.9. The normalized spacial score (nSPS) is 14.5. The van der Waals surface area contributed by atoms with E-state index in [-0.39, 0.29) is 25.8 Å². The van der Waals surface area contributed by atoms with E-state index in [0.29, 0.717) is 24.1 Å². The third-order valence-electron chi connectivity index (χ3n) is 6.32. The van der Waals surface area contributed by atoms with Gasteiger partial charge in [0.1, 0.15) is 19.3 Å². The maximum absolute atomic E-state index is 12.3. The fourth-order valence-corrected chi connectivity index (χ4v) is 4.56. The van der Waals surface area contributed by atoms with E-state index in [1.807, 2.05) is 21.1 Å². The molecule has 0 fully saturated rings. The molecule has 8 nitrogen and oxygen atoms in total. The second kappa shape index (κ2) is 25.0. The predicted molar refractivity (Wildman–Crippen MR) is 157 cm³/mol. The third kappa shape index (κ3) is 28.6. The van der Waals surface area contributed by atoms with Gasteiger partial charge in [-0.05, 0) is 38.5 Å². The average molecular weight is 578 g/mol. The lowest BCUT2D eigenvalue weighted by Crippen LogP contribution is -2.37. The molecule has 0 rings (SSSR count). The Morgan fingerprint density at radius 3 is 1.97 bits per heavy atom. The van der Waals surface area contributed by atoms with Crippen molar-refractivity contribution in [2.24, 2.45) is 0 Å². The first kappa shape index (κ1) is 38.2. The monoisotopic (exact) mass is 577 g/mol. The number of allylic oxidation sites excluding steroid dienone is 2. The molecule has 0 aromatic rings. The molecule has 9 heteroatoms. The van der Waals surface area contributed by atoms with E-state index in [2.05, 4.69) is 26.0 Å². The van der Waals surface area contributed by atoms with E-state index < -0.39 is 13.9 Å². The quantitative estimate of drug-likeness (QED) is 0.0326. The van der Waals surface area contributed by atoms with E-state index in [1.165, 1.54) is 57.8 Å². The van der Waals surface area contributed by atoms with E-state index in [9.17, 15) is 14.3 Å². The molecular weight excluding hydrogens is 517 g/mol. The molecular formula is C30H60NO7P. The minimum Gasteiger partial charge on any atom is -0.756 e. The number of hydrogen-bond donors (Lipinski definition) is 0. The zero-order chi connectivity index (χ0) is 29.2. The second-order valence-electron chi connectivity index (χ2n) is 11.5. The van der Waals surface area contributed by atoms with Crippen molar-refractivity contribution in [2.45, 2.75) is 123 Å². The van der Waals surface area contributed by atoms with E-state index >= 15 is 0 Å². The summed E-state index contributed by atoms with van der Waals surface area (Å²) in [5.41, 5.74) is 0. The fourth-order valence-electron chi connectivity index (χ4n) is 3.83. The maximum Gasteiger partial charge on any atom is 0.306 e. The van der Waals surface area contributed by atoms with Crippen LogP contribution in [-0.4, -0.2) is 70.7 Å². The van der Waals surface area contributed by atoms with Crippen LogP contribution in [0.1, 0.15) is 117 Å². The highest BCUT2D eigenvalue weighted by Crippen LogP contribution is 2.38. The summed E-state index contributed by atoms with van der Waals surface area (Å²) < 4.78 is 33.9. The molecule has 2 atom stereocenters. The number of phosphoric ester groups is 1. The van der Waals surface area contributed by atoms with Gasteiger partial charge in [-0.15, -0.1) is 0 Å². The summed E-state index contributed by atoms with van der Waals surface area (Å²) >= 11 is 0. The topological polar surface area (TPSA) is 94.1 Å². The molecule has 0 spiro atoms. The van der Waals surface area contributed by atoms with Gasteiger partial charge in [0.25, 0.3) is 7.82 Å². The van der Waals surface area contributed by atoms with Crippen molar-refractivity contribution in [1.29, 1.82) is 0 Å². The number of ether oxygens (including phenoxy) is 2. The van der Waals surface area contributed by atoms with Crippen LogP contribution in [0.15, 0.2) is 12.2 Å². The van der Waals surface area contributed by atoms with Crippen molar-refractivity contribution in [3.05, 3.63) is 12.2 Å². The largest absolute Gasteiger partial charge is 0.756 e. The minimum atomic E-state index is -4.49. The molecule has 0 heterocycles. The third-order valence-corrected chi connectivity index (χ3v) is 7.28. The van der Waals surface area contributed by atoms with Crippen molar-refractivity contribution in [2.75, 3.05) is 54.1 Å². The number of quaternary nitrogens is 1. The van der Waals surface area contributed by atoms with E-state index in [1.54, 1.807) is 0 Å². The Morgan fingerprint density at radius 1 is 0.769 bits per heavy atom. The number of rotatable bonds is 28. The zero-order valence-corrected chi connectivity index (χ0v) is 26.7. The lowest BCUT2D eigenvalue weighted by molar-refractivity contribution is -0.870. The molecule has 0 aromatic carbocycles. The van der Waals surface area contributed by atoms with Gasteiger partial charge in [-0.25, -0.2) is 0 Å². The second-order valence-corrected chi connectivity index (χ2v) is 12.9. The van der Waals surface area contributed by atoms with Gasteiger partial charge >= 0.3 is 5.97 Å². The highest BCUT2D eigenvalue weighted by atomic mass is 31.2. The van der Waals surface area contributed by atoms with Crippen molar-refractivity contribution < 1.29 is 37.3 Å². The zero-order valence-electron chi connectivity index (χ0n) is 25.8. The van der Waals surface area contributed by atoms with Gasteiger partial charge < -0.3 is 27.9 Å². The number of carbonyl (C=O) groups is 1. The van der Waals surface area contributed by atoms with Crippen LogP contribution in [0.25, 0.3) is 0 Å². The highest BCUT2D eigenvalue weighted by Gasteiger charge is 2.20. The van der Waals surface area contributed by atoms with Gasteiger partial charge in [-0.1, -0.05) is 83.8 Å². The lowest BCUT2D eigenvalue weighted by Gasteiger charge is -2.28. The van der Waals surface area contributed by atoms with Gasteiger partial charge in [0.15, 0.2) is 0 Å². The van der Waals surface area contributed by atoms with Gasteiger partial charge in [0, 0.05) is 13.0 Å². The van der Waals surface area contributed by atoms with Gasteiger partial charge in [0.05, 0.1) is 34.4 Å². The van der Waals surface area contributed by atoms with Gasteiger partial charge in [-0.3, -0.25) is 9.36 Å². The number of nitrogens with zero attached hydrogens (tertiary/aromatic N) is 1. The van der Waals surface area contributed by atoms with Crippen molar-refractivity contribution in [3.8, 4) is 0 Å². The van der Waals surface area contributed by atoms with Crippen LogP contribution in [0.4, 0.5) is 0 Å². The molecule has 0 amide bonds. The van der Waals surface area contributed by atoms with Gasteiger partial charge in [-0.2, -0.15) is 0 Å². The molecule has 0 aliphatic carbocycles. The maximum atomic E-state index is 12.3. The molecule has 39 heavy (non-hydrogen) atoms. The van der Waals surface area contributed by atoms with Crippen LogP contribution in [0.2, 0.25) is 0 Å². The molecule has 0 aromatic heterocycles. The van der Waals surface area contributed by atoms with Crippen LogP contribution in [-0.2, 0) is 27.9 Å². The minimum absolute atomic E-state index is 0.0262. The van der Waals surface area contributed by atoms with Crippen LogP contribution in [0.5, 0.6) is 0 Å².